The van der Waals surface area contributed by atoms with Gasteiger partial charge in [-0.05, 0) is 89.9 Å². The van der Waals surface area contributed by atoms with Crippen LogP contribution in [0.15, 0.2) is 122 Å². The average Bonchev–Trinajstić information content (AvgIpc) is 3.13. The zero-order valence-corrected chi connectivity index (χ0v) is 32.6. The number of unbranched alkanes of at least 4 members (excludes halogenated alkanes) is 7. The number of hydrogen-bond acceptors (Lipinski definition) is 3. The predicted molar refractivity (Wildman–Crippen MR) is 225 cm³/mol. The van der Waals surface area contributed by atoms with Crippen LogP contribution in [0.1, 0.15) is 149 Å². The van der Waals surface area contributed by atoms with E-state index in [4.69, 9.17) is 0 Å². The minimum absolute atomic E-state index is 0.0727. The van der Waals surface area contributed by atoms with E-state index in [0.29, 0.717) is 12.8 Å². The van der Waals surface area contributed by atoms with Crippen molar-refractivity contribution in [2.45, 2.75) is 161 Å². The lowest BCUT2D eigenvalue weighted by Crippen LogP contribution is -2.45. The van der Waals surface area contributed by atoms with E-state index in [1.807, 2.05) is 0 Å². The van der Waals surface area contributed by atoms with E-state index in [1.54, 1.807) is 0 Å². The van der Waals surface area contributed by atoms with Crippen LogP contribution in [0.2, 0.25) is 0 Å². The minimum atomic E-state index is -0.674. The molecule has 0 aliphatic heterocycles. The summed E-state index contributed by atoms with van der Waals surface area (Å²) in [6, 6.07) is -0.554. The van der Waals surface area contributed by atoms with Crippen LogP contribution in [0.3, 0.4) is 0 Å². The molecule has 0 heterocycles. The molecule has 3 N–H and O–H groups in total. The van der Waals surface area contributed by atoms with Gasteiger partial charge in [0.1, 0.15) is 0 Å². The number of nitrogens with one attached hydrogen (secondary N) is 1. The van der Waals surface area contributed by atoms with E-state index in [-0.39, 0.29) is 12.5 Å². The van der Waals surface area contributed by atoms with E-state index < -0.39 is 12.1 Å². The maximum absolute atomic E-state index is 12.2. The van der Waals surface area contributed by atoms with Crippen molar-refractivity contribution in [3.63, 3.8) is 0 Å². The summed E-state index contributed by atoms with van der Waals surface area (Å²) in [5.41, 5.74) is 0. The highest BCUT2D eigenvalue weighted by Crippen LogP contribution is 2.10. The van der Waals surface area contributed by atoms with Crippen molar-refractivity contribution in [2.24, 2.45) is 0 Å². The number of carbonyl (C=O) groups is 1. The molecule has 0 aliphatic carbocycles. The van der Waals surface area contributed by atoms with Crippen molar-refractivity contribution in [1.29, 1.82) is 0 Å². The summed E-state index contributed by atoms with van der Waals surface area (Å²) >= 11 is 0. The van der Waals surface area contributed by atoms with Gasteiger partial charge >= 0.3 is 0 Å². The predicted octanol–water partition coefficient (Wildman–Crippen LogP) is 12.6. The SMILES string of the molecule is CC/C=C\C/C=C\C/C=C\C/C=C\C/C=C\C/C=C\C/C=C\C/C=C\C/C=C\C/C=C\CCCCCCC(=O)NC(CO)C(O)CCCCCC. The van der Waals surface area contributed by atoms with Gasteiger partial charge in [0, 0.05) is 6.42 Å². The molecule has 0 aromatic carbocycles. The molecule has 0 radical (unpaired) electrons. The summed E-state index contributed by atoms with van der Waals surface area (Å²) in [6.07, 6.45) is 64.5. The lowest BCUT2D eigenvalue weighted by atomic mass is 10.0. The summed E-state index contributed by atoms with van der Waals surface area (Å²) in [7, 11) is 0. The molecule has 51 heavy (non-hydrogen) atoms. The van der Waals surface area contributed by atoms with Crippen molar-refractivity contribution in [3.05, 3.63) is 122 Å². The normalized spacial score (nSPS) is 14.4. The van der Waals surface area contributed by atoms with Gasteiger partial charge in [-0.1, -0.05) is 174 Å². The Bertz CT molecular complexity index is 1070. The molecule has 0 aromatic rings. The molecule has 2 unspecified atom stereocenters. The number of aliphatic hydroxyl groups is 2. The van der Waals surface area contributed by atoms with Gasteiger partial charge in [0.15, 0.2) is 0 Å². The first kappa shape index (κ1) is 47.8. The molecule has 286 valence electrons. The Labute approximate surface area is 314 Å². The molecular formula is C47H75NO3. The molecule has 4 heteroatoms. The Morgan fingerprint density at radius 3 is 1.25 bits per heavy atom. The zero-order chi connectivity index (χ0) is 37.1. The molecular weight excluding hydrogens is 627 g/mol. The third-order valence-corrected chi connectivity index (χ3v) is 8.24. The Hall–Kier alpha value is -3.21. The van der Waals surface area contributed by atoms with Crippen molar-refractivity contribution in [3.8, 4) is 0 Å². The van der Waals surface area contributed by atoms with Gasteiger partial charge in [-0.2, -0.15) is 0 Å². The van der Waals surface area contributed by atoms with Crippen LogP contribution in [0.5, 0.6) is 0 Å². The average molecular weight is 702 g/mol. The molecule has 0 aromatic heterocycles. The van der Waals surface area contributed by atoms with Crippen molar-refractivity contribution < 1.29 is 15.0 Å². The largest absolute Gasteiger partial charge is 0.394 e. The fourth-order valence-corrected chi connectivity index (χ4v) is 5.15. The number of rotatable bonds is 34. The molecule has 0 bridgehead atoms. The van der Waals surface area contributed by atoms with Gasteiger partial charge in [0.2, 0.25) is 5.91 Å². The van der Waals surface area contributed by atoms with E-state index >= 15 is 0 Å². The summed E-state index contributed by atoms with van der Waals surface area (Å²) in [5.74, 6) is -0.0727. The molecule has 0 saturated carbocycles. The van der Waals surface area contributed by atoms with Crippen LogP contribution in [0, 0.1) is 0 Å². The van der Waals surface area contributed by atoms with Crippen LogP contribution in [0.25, 0.3) is 0 Å². The van der Waals surface area contributed by atoms with Crippen LogP contribution in [-0.2, 0) is 4.79 Å². The van der Waals surface area contributed by atoms with Crippen molar-refractivity contribution in [1.82, 2.24) is 5.32 Å². The van der Waals surface area contributed by atoms with Crippen LogP contribution < -0.4 is 5.32 Å². The molecule has 0 fully saturated rings. The van der Waals surface area contributed by atoms with Gasteiger partial charge in [-0.25, -0.2) is 0 Å². The second-order valence-corrected chi connectivity index (χ2v) is 13.0. The molecule has 0 aliphatic rings. The minimum Gasteiger partial charge on any atom is -0.394 e. The van der Waals surface area contributed by atoms with E-state index in [2.05, 4.69) is 141 Å². The summed E-state index contributed by atoms with van der Waals surface area (Å²) in [5, 5.41) is 22.6. The summed E-state index contributed by atoms with van der Waals surface area (Å²) in [4.78, 5) is 12.2. The lowest BCUT2D eigenvalue weighted by Gasteiger charge is -2.22. The summed E-state index contributed by atoms with van der Waals surface area (Å²) in [6.45, 7) is 4.10. The molecule has 2 atom stereocenters. The first-order valence-corrected chi connectivity index (χ1v) is 20.2. The maximum Gasteiger partial charge on any atom is 0.220 e. The number of carbonyl (C=O) groups excluding carboxylic acids is 1. The van der Waals surface area contributed by atoms with Gasteiger partial charge in [0.05, 0.1) is 18.8 Å². The van der Waals surface area contributed by atoms with Crippen LogP contribution in [0.4, 0.5) is 0 Å². The fourth-order valence-electron chi connectivity index (χ4n) is 5.15. The monoisotopic (exact) mass is 702 g/mol. The Morgan fingerprint density at radius 1 is 0.490 bits per heavy atom. The smallest absolute Gasteiger partial charge is 0.220 e. The first-order valence-electron chi connectivity index (χ1n) is 20.2. The third-order valence-electron chi connectivity index (χ3n) is 8.24. The standard InChI is InChI=1S/C47H75NO3/c1-3-5-7-9-10-11-12-13-14-15-16-17-18-19-20-21-22-23-24-25-26-27-28-29-30-31-32-33-34-35-36-37-38-39-41-43-47(51)48-45(44-49)46(50)42-40-8-6-4-2/h5,7,10-11,13-14,16-17,19-20,22-23,25-26,28-29,31-32,34-35,45-46,49-50H,3-4,6,8-9,12,15,18,21,24,27,30,33,36-44H2,1-2H3,(H,48,51)/b7-5-,11-10-,14-13-,17-16-,20-19-,23-22-,26-25-,29-28-,32-31-,35-34-. The van der Waals surface area contributed by atoms with Crippen molar-refractivity contribution in [2.75, 3.05) is 6.61 Å². The van der Waals surface area contributed by atoms with Crippen LogP contribution >= 0.6 is 0 Å². The lowest BCUT2D eigenvalue weighted by molar-refractivity contribution is -0.123. The molecule has 4 nitrogen and oxygen atoms in total. The van der Waals surface area contributed by atoms with E-state index in [9.17, 15) is 15.0 Å². The number of aliphatic hydroxyl groups excluding tert-OH is 2. The van der Waals surface area contributed by atoms with E-state index in [0.717, 1.165) is 122 Å². The highest BCUT2D eigenvalue weighted by Gasteiger charge is 2.19. The van der Waals surface area contributed by atoms with Gasteiger partial charge in [0.25, 0.3) is 0 Å². The highest BCUT2D eigenvalue weighted by molar-refractivity contribution is 5.76. The van der Waals surface area contributed by atoms with Gasteiger partial charge in [-0.3, -0.25) is 4.79 Å². The van der Waals surface area contributed by atoms with E-state index in [1.165, 1.54) is 0 Å². The number of amides is 1. The van der Waals surface area contributed by atoms with Crippen LogP contribution in [-0.4, -0.2) is 34.9 Å². The number of allylic oxidation sites excluding steroid dienone is 20. The van der Waals surface area contributed by atoms with Crippen molar-refractivity contribution >= 4 is 5.91 Å². The zero-order valence-electron chi connectivity index (χ0n) is 32.6. The fraction of sp³-hybridized carbons (Fsp3) is 0.553. The molecule has 1 amide bonds. The maximum atomic E-state index is 12.2. The molecule has 0 saturated heterocycles. The first-order chi connectivity index (χ1) is 25.2. The molecule has 0 rings (SSSR count). The summed E-state index contributed by atoms with van der Waals surface area (Å²) < 4.78 is 0. The Kier molecular flexibility index (Phi) is 38.6. The second-order valence-electron chi connectivity index (χ2n) is 13.0. The Morgan fingerprint density at radius 2 is 0.863 bits per heavy atom. The Balaban J connectivity index is 3.68. The van der Waals surface area contributed by atoms with Gasteiger partial charge < -0.3 is 15.5 Å². The quantitative estimate of drug-likeness (QED) is 0.0462. The van der Waals surface area contributed by atoms with Gasteiger partial charge in [-0.15, -0.1) is 0 Å². The topological polar surface area (TPSA) is 69.6 Å². The number of hydrogen-bond donors (Lipinski definition) is 3. The second kappa shape index (κ2) is 41.2. The molecule has 0 spiro atoms. The highest BCUT2D eigenvalue weighted by atomic mass is 16.3. The third kappa shape index (κ3) is 37.9.